The minimum atomic E-state index is 0.701. The normalized spacial score (nSPS) is 10.7. The predicted molar refractivity (Wildman–Crippen MR) is 109 cm³/mol. The van der Waals surface area contributed by atoms with Crippen molar-refractivity contribution < 1.29 is 4.74 Å². The molecule has 3 rings (SSSR count). The first-order chi connectivity index (χ1) is 12.7. The SMILES string of the molecule is CN(C)CCOc1ccc(CN(c2ccccc2)c2ccccc2)cc1. The number of anilines is 2. The van der Waals surface area contributed by atoms with Crippen LogP contribution >= 0.6 is 0 Å². The highest BCUT2D eigenvalue weighted by Crippen LogP contribution is 2.27. The molecule has 0 aliphatic carbocycles. The van der Waals surface area contributed by atoms with Gasteiger partial charge in [-0.05, 0) is 56.1 Å². The highest BCUT2D eigenvalue weighted by molar-refractivity contribution is 5.63. The lowest BCUT2D eigenvalue weighted by Crippen LogP contribution is -2.19. The number of benzene rings is 3. The van der Waals surface area contributed by atoms with Crippen molar-refractivity contribution in [2.75, 3.05) is 32.1 Å². The summed E-state index contributed by atoms with van der Waals surface area (Å²) in [6.45, 7) is 2.43. The molecule has 0 fully saturated rings. The third kappa shape index (κ3) is 5.11. The Bertz CT molecular complexity index is 731. The maximum Gasteiger partial charge on any atom is 0.119 e. The van der Waals surface area contributed by atoms with E-state index in [1.54, 1.807) is 0 Å². The van der Waals surface area contributed by atoms with Crippen LogP contribution in [0.4, 0.5) is 11.4 Å². The van der Waals surface area contributed by atoms with Gasteiger partial charge in [0.1, 0.15) is 12.4 Å². The lowest BCUT2D eigenvalue weighted by atomic mass is 10.1. The number of likely N-dealkylation sites (N-methyl/N-ethyl adjacent to an activating group) is 1. The molecule has 0 amide bonds. The Balaban J connectivity index is 1.73. The maximum atomic E-state index is 5.79. The molecule has 3 nitrogen and oxygen atoms in total. The quantitative estimate of drug-likeness (QED) is 0.573. The van der Waals surface area contributed by atoms with Crippen LogP contribution in [0.1, 0.15) is 5.56 Å². The minimum absolute atomic E-state index is 0.701. The fourth-order valence-electron chi connectivity index (χ4n) is 2.77. The van der Waals surface area contributed by atoms with Crippen LogP contribution in [0.2, 0.25) is 0 Å². The van der Waals surface area contributed by atoms with Crippen LogP contribution in [0.15, 0.2) is 84.9 Å². The molecule has 0 aromatic heterocycles. The largest absolute Gasteiger partial charge is 0.492 e. The van der Waals surface area contributed by atoms with Gasteiger partial charge in [0, 0.05) is 24.5 Å². The Hall–Kier alpha value is -2.78. The molecule has 0 atom stereocenters. The molecule has 0 aliphatic rings. The first kappa shape index (κ1) is 18.0. The molecular formula is C23H26N2O. The Morgan fingerprint density at radius 3 is 1.73 bits per heavy atom. The molecule has 0 N–H and O–H groups in total. The van der Waals surface area contributed by atoms with Crippen molar-refractivity contribution in [3.63, 3.8) is 0 Å². The van der Waals surface area contributed by atoms with E-state index in [2.05, 4.69) is 82.6 Å². The van der Waals surface area contributed by atoms with Crippen molar-refractivity contribution in [2.45, 2.75) is 6.54 Å². The van der Waals surface area contributed by atoms with Crippen LogP contribution in [0.3, 0.4) is 0 Å². The number of ether oxygens (including phenoxy) is 1. The van der Waals surface area contributed by atoms with E-state index in [1.807, 2.05) is 26.2 Å². The summed E-state index contributed by atoms with van der Waals surface area (Å²) in [5.41, 5.74) is 3.62. The Morgan fingerprint density at radius 2 is 1.23 bits per heavy atom. The highest BCUT2D eigenvalue weighted by atomic mass is 16.5. The second-order valence-electron chi connectivity index (χ2n) is 6.55. The fraction of sp³-hybridized carbons (Fsp3) is 0.217. The van der Waals surface area contributed by atoms with Gasteiger partial charge in [-0.2, -0.15) is 0 Å². The summed E-state index contributed by atoms with van der Waals surface area (Å²) < 4.78 is 5.79. The molecule has 134 valence electrons. The van der Waals surface area contributed by atoms with Crippen molar-refractivity contribution in [1.29, 1.82) is 0 Å². The molecule has 3 aromatic rings. The Morgan fingerprint density at radius 1 is 0.692 bits per heavy atom. The summed E-state index contributed by atoms with van der Waals surface area (Å²) in [4.78, 5) is 4.44. The second-order valence-corrected chi connectivity index (χ2v) is 6.55. The van der Waals surface area contributed by atoms with Gasteiger partial charge < -0.3 is 14.5 Å². The molecule has 0 saturated heterocycles. The van der Waals surface area contributed by atoms with Gasteiger partial charge in [-0.3, -0.25) is 0 Å². The molecule has 0 radical (unpaired) electrons. The van der Waals surface area contributed by atoms with Gasteiger partial charge in [-0.15, -0.1) is 0 Å². The summed E-state index contributed by atoms with van der Waals surface area (Å²) in [5.74, 6) is 0.918. The molecule has 0 saturated carbocycles. The molecule has 0 aliphatic heterocycles. The van der Waals surface area contributed by atoms with Crippen LogP contribution in [-0.4, -0.2) is 32.1 Å². The average Bonchev–Trinajstić information content (AvgIpc) is 2.68. The van der Waals surface area contributed by atoms with Crippen LogP contribution in [0.5, 0.6) is 5.75 Å². The van der Waals surface area contributed by atoms with Crippen molar-refractivity contribution in [1.82, 2.24) is 4.90 Å². The summed E-state index contributed by atoms with van der Waals surface area (Å²) in [5, 5.41) is 0. The van der Waals surface area contributed by atoms with Gasteiger partial charge >= 0.3 is 0 Å². The van der Waals surface area contributed by atoms with E-state index < -0.39 is 0 Å². The van der Waals surface area contributed by atoms with Crippen molar-refractivity contribution in [2.24, 2.45) is 0 Å². The van der Waals surface area contributed by atoms with Crippen molar-refractivity contribution in [3.05, 3.63) is 90.5 Å². The van der Waals surface area contributed by atoms with Crippen LogP contribution < -0.4 is 9.64 Å². The Labute approximate surface area is 156 Å². The van der Waals surface area contributed by atoms with E-state index in [9.17, 15) is 0 Å². The van der Waals surface area contributed by atoms with Gasteiger partial charge in [0.25, 0.3) is 0 Å². The predicted octanol–water partition coefficient (Wildman–Crippen LogP) is 4.97. The molecule has 0 spiro atoms. The summed E-state index contributed by atoms with van der Waals surface area (Å²) in [6.07, 6.45) is 0. The van der Waals surface area contributed by atoms with Crippen LogP contribution in [0, 0.1) is 0 Å². The van der Waals surface area contributed by atoms with Gasteiger partial charge in [0.05, 0.1) is 0 Å². The second kappa shape index (κ2) is 9.07. The van der Waals surface area contributed by atoms with Gasteiger partial charge in [0.2, 0.25) is 0 Å². The number of nitrogens with zero attached hydrogens (tertiary/aromatic N) is 2. The molecular weight excluding hydrogens is 320 g/mol. The fourth-order valence-corrected chi connectivity index (χ4v) is 2.77. The van der Waals surface area contributed by atoms with Gasteiger partial charge in [0.15, 0.2) is 0 Å². The van der Waals surface area contributed by atoms with Crippen LogP contribution in [-0.2, 0) is 6.54 Å². The molecule has 3 heteroatoms. The van der Waals surface area contributed by atoms with E-state index in [4.69, 9.17) is 4.74 Å². The third-order valence-electron chi connectivity index (χ3n) is 4.21. The number of rotatable bonds is 8. The molecule has 26 heavy (non-hydrogen) atoms. The number of hydrogen-bond donors (Lipinski definition) is 0. The lowest BCUT2D eigenvalue weighted by Gasteiger charge is -2.25. The summed E-state index contributed by atoms with van der Waals surface area (Å²) in [7, 11) is 4.10. The van der Waals surface area contributed by atoms with E-state index in [-0.39, 0.29) is 0 Å². The minimum Gasteiger partial charge on any atom is -0.492 e. The maximum absolute atomic E-state index is 5.79. The molecule has 0 unspecified atom stereocenters. The average molecular weight is 346 g/mol. The summed E-state index contributed by atoms with van der Waals surface area (Å²) in [6, 6.07) is 29.4. The van der Waals surface area contributed by atoms with Crippen molar-refractivity contribution >= 4 is 11.4 Å². The first-order valence-corrected chi connectivity index (χ1v) is 8.96. The van der Waals surface area contributed by atoms with Gasteiger partial charge in [-0.1, -0.05) is 48.5 Å². The van der Waals surface area contributed by atoms with E-state index in [0.29, 0.717) is 6.61 Å². The van der Waals surface area contributed by atoms with Gasteiger partial charge in [-0.25, -0.2) is 0 Å². The number of hydrogen-bond acceptors (Lipinski definition) is 3. The molecule has 0 heterocycles. The zero-order valence-electron chi connectivity index (χ0n) is 15.5. The lowest BCUT2D eigenvalue weighted by molar-refractivity contribution is 0.261. The monoisotopic (exact) mass is 346 g/mol. The zero-order chi connectivity index (χ0) is 18.2. The smallest absolute Gasteiger partial charge is 0.119 e. The van der Waals surface area contributed by atoms with E-state index in [0.717, 1.165) is 18.8 Å². The zero-order valence-corrected chi connectivity index (χ0v) is 15.5. The summed E-state index contributed by atoms with van der Waals surface area (Å²) >= 11 is 0. The standard InChI is InChI=1S/C23H26N2O/c1-24(2)17-18-26-23-15-13-20(14-16-23)19-25(21-9-5-3-6-10-21)22-11-7-4-8-12-22/h3-16H,17-19H2,1-2H3. The molecule has 3 aromatic carbocycles. The van der Waals surface area contributed by atoms with E-state index in [1.165, 1.54) is 16.9 Å². The van der Waals surface area contributed by atoms with E-state index >= 15 is 0 Å². The highest BCUT2D eigenvalue weighted by Gasteiger charge is 2.09. The van der Waals surface area contributed by atoms with Crippen molar-refractivity contribution in [3.8, 4) is 5.75 Å². The third-order valence-corrected chi connectivity index (χ3v) is 4.21. The van der Waals surface area contributed by atoms with Crippen LogP contribution in [0.25, 0.3) is 0 Å². The molecule has 0 bridgehead atoms. The topological polar surface area (TPSA) is 15.7 Å². The number of para-hydroxylation sites is 2. The first-order valence-electron chi connectivity index (χ1n) is 8.96. The Kier molecular flexibility index (Phi) is 6.29.